The van der Waals surface area contributed by atoms with Crippen molar-refractivity contribution in [2.24, 2.45) is 0 Å². The van der Waals surface area contributed by atoms with Gasteiger partial charge in [-0.1, -0.05) is 154 Å². The first-order valence-corrected chi connectivity index (χ1v) is 22.4. The Hall–Kier alpha value is -1.25. The van der Waals surface area contributed by atoms with Crippen LogP contribution in [0.25, 0.3) is 0 Å². The lowest BCUT2D eigenvalue weighted by Crippen LogP contribution is -2.37. The van der Waals surface area contributed by atoms with Crippen molar-refractivity contribution >= 4 is 19.8 Å². The Kier molecular flexibility index (Phi) is 33.7. The molecule has 0 aliphatic heterocycles. The molecule has 1 unspecified atom stereocenters. The second-order valence-corrected chi connectivity index (χ2v) is 16.8. The van der Waals surface area contributed by atoms with Gasteiger partial charge in [-0.05, 0) is 32.1 Å². The van der Waals surface area contributed by atoms with E-state index in [0.717, 1.165) is 57.8 Å². The molecule has 0 aliphatic rings. The first kappa shape index (κ1) is 49.8. The summed E-state index contributed by atoms with van der Waals surface area (Å²) in [5, 5.41) is 0. The number of hydrogen-bond donors (Lipinski definition) is 0. The number of hydrogen-bond acceptors (Lipinski definition) is 8. The van der Waals surface area contributed by atoms with Crippen molar-refractivity contribution < 1.29 is 42.1 Å². The second kappa shape index (κ2) is 34.5. The van der Waals surface area contributed by atoms with Gasteiger partial charge in [-0.2, -0.15) is 0 Å². The van der Waals surface area contributed by atoms with Gasteiger partial charge < -0.3 is 27.9 Å². The summed E-state index contributed by atoms with van der Waals surface area (Å²) in [6, 6.07) is 0. The topological polar surface area (TPSA) is 111 Å². The van der Waals surface area contributed by atoms with E-state index in [1.54, 1.807) is 0 Å². The van der Waals surface area contributed by atoms with Crippen LogP contribution in [0.1, 0.15) is 187 Å². The minimum atomic E-state index is -4.62. The van der Waals surface area contributed by atoms with Gasteiger partial charge in [-0.3, -0.25) is 14.2 Å². The van der Waals surface area contributed by atoms with Crippen LogP contribution in [0.15, 0.2) is 12.2 Å². The first-order valence-electron chi connectivity index (χ1n) is 20.9. The average Bonchev–Trinajstić information content (AvgIpc) is 3.07. The summed E-state index contributed by atoms with van der Waals surface area (Å²) >= 11 is 0. The Morgan fingerprint density at radius 1 is 0.588 bits per heavy atom. The fraction of sp³-hybridized carbons (Fsp3) is 0.902. The molecule has 51 heavy (non-hydrogen) atoms. The monoisotopic (exact) mass is 746 g/mol. The molecule has 0 aromatic carbocycles. The van der Waals surface area contributed by atoms with Gasteiger partial charge in [0.1, 0.15) is 19.8 Å². The molecule has 0 aromatic heterocycles. The largest absolute Gasteiger partial charge is 0.756 e. The van der Waals surface area contributed by atoms with Gasteiger partial charge in [0.25, 0.3) is 7.82 Å². The highest BCUT2D eigenvalue weighted by atomic mass is 31.2. The molecule has 0 bridgehead atoms. The molecular weight excluding hydrogens is 665 g/mol. The molecule has 0 amide bonds. The molecule has 0 N–H and O–H groups in total. The maximum Gasteiger partial charge on any atom is 0.306 e. The SMILES string of the molecule is CCCC/C=C/CCCCCCCC(=O)O[C@H](COC(=O)CCCCCCCCCCCCCCCCCC)COP(=O)([O-])OCC[N+](C)(C)C. The number of unbranched alkanes of at least 4 members (excludes halogenated alkanes) is 22. The molecule has 0 rings (SSSR count). The highest BCUT2D eigenvalue weighted by Gasteiger charge is 2.21. The third kappa shape index (κ3) is 38.3. The molecule has 0 spiro atoms. The lowest BCUT2D eigenvalue weighted by atomic mass is 10.0. The summed E-state index contributed by atoms with van der Waals surface area (Å²) in [5.74, 6) is -0.839. The van der Waals surface area contributed by atoms with Crippen LogP contribution in [-0.2, 0) is 32.7 Å². The van der Waals surface area contributed by atoms with Crippen molar-refractivity contribution in [3.05, 3.63) is 12.2 Å². The molecule has 0 radical (unpaired) electrons. The van der Waals surface area contributed by atoms with E-state index in [0.29, 0.717) is 17.4 Å². The third-order valence-electron chi connectivity index (χ3n) is 9.04. The van der Waals surface area contributed by atoms with Gasteiger partial charge in [0.2, 0.25) is 0 Å². The summed E-state index contributed by atoms with van der Waals surface area (Å²) in [6.07, 6.45) is 33.8. The number of carbonyl (C=O) groups is 2. The van der Waals surface area contributed by atoms with Crippen molar-refractivity contribution in [1.29, 1.82) is 0 Å². The molecule has 0 fully saturated rings. The number of rotatable bonds is 38. The van der Waals surface area contributed by atoms with Crippen LogP contribution >= 0.6 is 7.82 Å². The van der Waals surface area contributed by atoms with Crippen molar-refractivity contribution in [3.63, 3.8) is 0 Å². The number of quaternary nitrogens is 1. The Morgan fingerprint density at radius 2 is 1.02 bits per heavy atom. The fourth-order valence-electron chi connectivity index (χ4n) is 5.69. The number of ether oxygens (including phenoxy) is 2. The van der Waals surface area contributed by atoms with E-state index in [1.807, 2.05) is 21.1 Å². The smallest absolute Gasteiger partial charge is 0.306 e. The van der Waals surface area contributed by atoms with Crippen LogP contribution in [0, 0.1) is 0 Å². The summed E-state index contributed by atoms with van der Waals surface area (Å²) in [7, 11) is 1.17. The first-order chi connectivity index (χ1) is 24.5. The number of phosphoric acid groups is 1. The third-order valence-corrected chi connectivity index (χ3v) is 10.00. The molecule has 0 saturated heterocycles. The molecular formula is C41H80NO8P. The van der Waals surface area contributed by atoms with E-state index in [-0.39, 0.29) is 32.0 Å². The Bertz CT molecular complexity index is 891. The van der Waals surface area contributed by atoms with E-state index in [4.69, 9.17) is 18.5 Å². The molecule has 302 valence electrons. The fourth-order valence-corrected chi connectivity index (χ4v) is 6.42. The minimum Gasteiger partial charge on any atom is -0.756 e. The van der Waals surface area contributed by atoms with Crippen LogP contribution in [-0.4, -0.2) is 70.0 Å². The van der Waals surface area contributed by atoms with Crippen molar-refractivity contribution in [2.45, 2.75) is 193 Å². The van der Waals surface area contributed by atoms with Crippen LogP contribution in [0.4, 0.5) is 0 Å². The average molecular weight is 746 g/mol. The van der Waals surface area contributed by atoms with Gasteiger partial charge in [0.15, 0.2) is 6.10 Å². The highest BCUT2D eigenvalue weighted by molar-refractivity contribution is 7.45. The molecule has 0 aromatic rings. The van der Waals surface area contributed by atoms with E-state index >= 15 is 0 Å². The number of esters is 2. The zero-order valence-corrected chi connectivity index (χ0v) is 34.7. The zero-order valence-electron chi connectivity index (χ0n) is 33.8. The lowest BCUT2D eigenvalue weighted by Gasteiger charge is -2.28. The van der Waals surface area contributed by atoms with Crippen molar-refractivity contribution in [3.8, 4) is 0 Å². The molecule has 2 atom stereocenters. The number of carbonyl (C=O) groups excluding carboxylic acids is 2. The van der Waals surface area contributed by atoms with Crippen molar-refractivity contribution in [1.82, 2.24) is 0 Å². The standard InChI is InChI=1S/C41H80NO8P/c1-6-8-10-12-14-16-18-19-20-21-22-24-25-27-29-31-33-40(43)47-37-39(38-49-51(45,46)48-36-35-42(3,4)5)50-41(44)34-32-30-28-26-23-17-15-13-11-9-7-2/h13,15,39H,6-12,14,16-38H2,1-5H3/b15-13+/t39-/m1/s1. The van der Waals surface area contributed by atoms with E-state index < -0.39 is 26.5 Å². The Labute approximate surface area is 314 Å². The number of likely N-dealkylation sites (N-methyl/N-ethyl adjacent to an activating group) is 1. The van der Waals surface area contributed by atoms with Gasteiger partial charge in [0, 0.05) is 12.8 Å². The minimum absolute atomic E-state index is 0.0296. The summed E-state index contributed by atoms with van der Waals surface area (Å²) < 4.78 is 33.8. The van der Waals surface area contributed by atoms with Crippen LogP contribution in [0.3, 0.4) is 0 Å². The van der Waals surface area contributed by atoms with Crippen LogP contribution < -0.4 is 4.89 Å². The second-order valence-electron chi connectivity index (χ2n) is 15.4. The quantitative estimate of drug-likeness (QED) is 0.0202. The molecule has 0 heterocycles. The number of allylic oxidation sites excluding steroid dienone is 2. The van der Waals surface area contributed by atoms with E-state index in [1.165, 1.54) is 96.3 Å². The number of phosphoric ester groups is 1. The predicted octanol–water partition coefficient (Wildman–Crippen LogP) is 10.8. The normalized spacial score (nSPS) is 13.8. The Balaban J connectivity index is 4.33. The number of nitrogens with zero attached hydrogens (tertiary/aromatic N) is 1. The molecule has 0 aliphatic carbocycles. The van der Waals surface area contributed by atoms with Crippen LogP contribution in [0.5, 0.6) is 0 Å². The van der Waals surface area contributed by atoms with E-state index in [2.05, 4.69) is 26.0 Å². The Morgan fingerprint density at radius 3 is 1.51 bits per heavy atom. The summed E-state index contributed by atoms with van der Waals surface area (Å²) in [6.45, 7) is 4.19. The predicted molar refractivity (Wildman–Crippen MR) is 208 cm³/mol. The van der Waals surface area contributed by atoms with Crippen molar-refractivity contribution in [2.75, 3.05) is 47.5 Å². The maximum atomic E-state index is 12.6. The van der Waals surface area contributed by atoms with Crippen LogP contribution in [0.2, 0.25) is 0 Å². The molecule has 9 nitrogen and oxygen atoms in total. The lowest BCUT2D eigenvalue weighted by molar-refractivity contribution is -0.870. The summed E-state index contributed by atoms with van der Waals surface area (Å²) in [4.78, 5) is 37.4. The molecule has 0 saturated carbocycles. The maximum absolute atomic E-state index is 12.6. The van der Waals surface area contributed by atoms with Gasteiger partial charge in [-0.15, -0.1) is 0 Å². The zero-order chi connectivity index (χ0) is 37.9. The summed E-state index contributed by atoms with van der Waals surface area (Å²) in [5.41, 5.74) is 0. The van der Waals surface area contributed by atoms with Gasteiger partial charge in [-0.25, -0.2) is 0 Å². The highest BCUT2D eigenvalue weighted by Crippen LogP contribution is 2.38. The van der Waals surface area contributed by atoms with E-state index in [9.17, 15) is 19.0 Å². The molecule has 10 heteroatoms. The van der Waals surface area contributed by atoms with Gasteiger partial charge >= 0.3 is 11.9 Å². The van der Waals surface area contributed by atoms with Gasteiger partial charge in [0.05, 0.1) is 27.7 Å².